The van der Waals surface area contributed by atoms with Crippen LogP contribution >= 0.6 is 11.8 Å². The van der Waals surface area contributed by atoms with Crippen molar-refractivity contribution in [3.8, 4) is 0 Å². The molecule has 1 atom stereocenters. The summed E-state index contributed by atoms with van der Waals surface area (Å²) in [5.41, 5.74) is 0.0416. The maximum Gasteiger partial charge on any atom is 0.325 e. The Balaban J connectivity index is 1.95. The molecule has 0 aromatic heterocycles. The van der Waals surface area contributed by atoms with Gasteiger partial charge < -0.3 is 10.6 Å². The van der Waals surface area contributed by atoms with Crippen molar-refractivity contribution >= 4 is 35.3 Å². The minimum absolute atomic E-state index is 0.0416. The van der Waals surface area contributed by atoms with E-state index >= 15 is 0 Å². The van der Waals surface area contributed by atoms with Gasteiger partial charge in [0, 0.05) is 11.8 Å². The predicted molar refractivity (Wildman–Crippen MR) is 82.0 cm³/mol. The number of nitrogens with one attached hydrogen (secondary N) is 2. The second kappa shape index (κ2) is 7.40. The molecule has 1 fully saturated rings. The van der Waals surface area contributed by atoms with Gasteiger partial charge in [0.1, 0.15) is 12.6 Å². The first kappa shape index (κ1) is 17.2. The van der Waals surface area contributed by atoms with Crippen LogP contribution in [0.15, 0.2) is 18.2 Å². The van der Waals surface area contributed by atoms with Crippen LogP contribution in [-0.2, 0) is 9.59 Å². The number of thioether (sulfide) groups is 1. The van der Waals surface area contributed by atoms with Crippen LogP contribution in [0.2, 0.25) is 0 Å². The lowest BCUT2D eigenvalue weighted by Gasteiger charge is -2.13. The maximum absolute atomic E-state index is 13.1. The largest absolute Gasteiger partial charge is 0.326 e. The number of carbonyl (C=O) groups is 3. The Kier molecular flexibility index (Phi) is 5.54. The van der Waals surface area contributed by atoms with Gasteiger partial charge in [-0.15, -0.1) is 0 Å². The number of carbonyl (C=O) groups excluding carboxylic acids is 3. The van der Waals surface area contributed by atoms with Crippen LogP contribution in [0.25, 0.3) is 0 Å². The predicted octanol–water partition coefficient (Wildman–Crippen LogP) is 1.58. The lowest BCUT2D eigenvalue weighted by Crippen LogP contribution is -2.38. The van der Waals surface area contributed by atoms with Crippen molar-refractivity contribution in [2.75, 3.05) is 23.9 Å². The molecule has 0 spiro atoms. The van der Waals surface area contributed by atoms with E-state index in [4.69, 9.17) is 0 Å². The highest BCUT2D eigenvalue weighted by Crippen LogP contribution is 2.14. The van der Waals surface area contributed by atoms with E-state index in [2.05, 4.69) is 10.6 Å². The summed E-state index contributed by atoms with van der Waals surface area (Å²) in [5, 5.41) is 4.82. The first-order chi connectivity index (χ1) is 10.9. The lowest BCUT2D eigenvalue weighted by atomic mass is 10.2. The highest BCUT2D eigenvalue weighted by Gasteiger charge is 2.38. The molecule has 0 aliphatic carbocycles. The molecule has 9 heteroatoms. The summed E-state index contributed by atoms with van der Waals surface area (Å²) in [6.45, 7) is -0.487. The summed E-state index contributed by atoms with van der Waals surface area (Å²) in [5.74, 6) is -2.58. The summed E-state index contributed by atoms with van der Waals surface area (Å²) in [6.07, 6.45) is 2.36. The van der Waals surface area contributed by atoms with Crippen molar-refractivity contribution in [2.24, 2.45) is 0 Å². The van der Waals surface area contributed by atoms with Crippen molar-refractivity contribution in [3.63, 3.8) is 0 Å². The Morgan fingerprint density at radius 3 is 2.74 bits per heavy atom. The second-order valence-electron chi connectivity index (χ2n) is 4.88. The van der Waals surface area contributed by atoms with Crippen LogP contribution in [-0.4, -0.2) is 47.3 Å². The maximum atomic E-state index is 13.1. The molecule has 0 unspecified atom stereocenters. The Morgan fingerprint density at radius 2 is 2.09 bits per heavy atom. The molecule has 23 heavy (non-hydrogen) atoms. The molecular weight excluding hydrogens is 328 g/mol. The van der Waals surface area contributed by atoms with Crippen LogP contribution in [0.4, 0.5) is 19.3 Å². The average Bonchev–Trinajstić information content (AvgIpc) is 2.76. The zero-order valence-electron chi connectivity index (χ0n) is 12.3. The van der Waals surface area contributed by atoms with Crippen molar-refractivity contribution < 1.29 is 23.2 Å². The van der Waals surface area contributed by atoms with Gasteiger partial charge in [0.05, 0.1) is 0 Å². The van der Waals surface area contributed by atoms with E-state index in [1.807, 2.05) is 6.26 Å². The molecule has 1 heterocycles. The van der Waals surface area contributed by atoms with E-state index in [1.165, 1.54) is 6.07 Å². The van der Waals surface area contributed by atoms with Crippen LogP contribution in [0, 0.1) is 11.6 Å². The summed E-state index contributed by atoms with van der Waals surface area (Å²) >= 11 is 1.54. The van der Waals surface area contributed by atoms with Crippen LogP contribution < -0.4 is 10.6 Å². The van der Waals surface area contributed by atoms with Gasteiger partial charge in [-0.1, -0.05) is 0 Å². The van der Waals surface area contributed by atoms with Crippen molar-refractivity contribution in [3.05, 3.63) is 29.8 Å². The molecule has 1 aliphatic heterocycles. The smallest absolute Gasteiger partial charge is 0.325 e. The van der Waals surface area contributed by atoms with E-state index in [-0.39, 0.29) is 5.69 Å². The molecule has 4 amide bonds. The Hall–Kier alpha value is -2.16. The molecule has 0 bridgehead atoms. The first-order valence-corrected chi connectivity index (χ1v) is 8.17. The van der Waals surface area contributed by atoms with E-state index in [1.54, 1.807) is 11.8 Å². The number of rotatable bonds is 6. The number of hydrogen-bond donors (Lipinski definition) is 2. The van der Waals surface area contributed by atoms with Gasteiger partial charge in [-0.2, -0.15) is 11.8 Å². The quantitative estimate of drug-likeness (QED) is 0.769. The number of anilines is 1. The van der Waals surface area contributed by atoms with E-state index in [0.717, 1.165) is 17.0 Å². The van der Waals surface area contributed by atoms with Crippen LogP contribution in [0.1, 0.15) is 6.42 Å². The second-order valence-corrected chi connectivity index (χ2v) is 5.87. The topological polar surface area (TPSA) is 78.5 Å². The normalized spacial score (nSPS) is 17.3. The fraction of sp³-hybridized carbons (Fsp3) is 0.357. The fourth-order valence-corrected chi connectivity index (χ4v) is 2.55. The summed E-state index contributed by atoms with van der Waals surface area (Å²) in [7, 11) is 0. The molecule has 1 saturated heterocycles. The minimum atomic E-state index is -1.10. The average molecular weight is 343 g/mol. The zero-order chi connectivity index (χ0) is 17.0. The number of imide groups is 1. The third-order valence-electron chi connectivity index (χ3n) is 3.22. The molecule has 6 nitrogen and oxygen atoms in total. The Labute approximate surface area is 135 Å². The van der Waals surface area contributed by atoms with Gasteiger partial charge in [0.25, 0.3) is 5.91 Å². The summed E-state index contributed by atoms with van der Waals surface area (Å²) in [4.78, 5) is 36.5. The third-order valence-corrected chi connectivity index (χ3v) is 3.87. The van der Waals surface area contributed by atoms with Gasteiger partial charge in [-0.05, 0) is 30.6 Å². The SMILES string of the molecule is CSCC[C@@H]1NC(=O)N(CC(=O)Nc2ccc(F)c(F)c2)C1=O. The molecule has 1 aliphatic rings. The molecule has 124 valence electrons. The zero-order valence-corrected chi connectivity index (χ0v) is 13.1. The number of benzene rings is 1. The lowest BCUT2D eigenvalue weighted by molar-refractivity contribution is -0.130. The third kappa shape index (κ3) is 4.19. The molecule has 0 radical (unpaired) electrons. The fourth-order valence-electron chi connectivity index (χ4n) is 2.08. The number of halogens is 2. The van der Waals surface area contributed by atoms with Crippen molar-refractivity contribution in [2.45, 2.75) is 12.5 Å². The van der Waals surface area contributed by atoms with Gasteiger partial charge in [-0.3, -0.25) is 14.5 Å². The Morgan fingerprint density at radius 1 is 1.35 bits per heavy atom. The van der Waals surface area contributed by atoms with E-state index in [0.29, 0.717) is 12.2 Å². The standard InChI is InChI=1S/C14H15F2N3O3S/c1-23-5-4-11-13(21)19(14(22)18-11)7-12(20)17-8-2-3-9(15)10(16)6-8/h2-3,6,11H,4-5,7H2,1H3,(H,17,20)(H,18,22)/t11-/m0/s1. The van der Waals surface area contributed by atoms with E-state index < -0.39 is 42.1 Å². The van der Waals surface area contributed by atoms with Crippen LogP contribution in [0.3, 0.4) is 0 Å². The number of nitrogens with zero attached hydrogens (tertiary/aromatic N) is 1. The van der Waals surface area contributed by atoms with Gasteiger partial charge in [-0.25, -0.2) is 13.6 Å². The molecule has 2 N–H and O–H groups in total. The first-order valence-electron chi connectivity index (χ1n) is 6.78. The molecule has 1 aromatic carbocycles. The number of hydrogen-bond acceptors (Lipinski definition) is 4. The van der Waals surface area contributed by atoms with Crippen molar-refractivity contribution in [1.29, 1.82) is 0 Å². The van der Waals surface area contributed by atoms with Crippen LogP contribution in [0.5, 0.6) is 0 Å². The highest BCUT2D eigenvalue weighted by atomic mass is 32.2. The molecular formula is C14H15F2N3O3S. The summed E-state index contributed by atoms with van der Waals surface area (Å²) in [6, 6.07) is 1.61. The van der Waals surface area contributed by atoms with Gasteiger partial charge in [0.15, 0.2) is 11.6 Å². The number of amides is 4. The van der Waals surface area contributed by atoms with Crippen molar-refractivity contribution in [1.82, 2.24) is 10.2 Å². The van der Waals surface area contributed by atoms with E-state index in [9.17, 15) is 23.2 Å². The minimum Gasteiger partial charge on any atom is -0.326 e. The molecule has 1 aromatic rings. The molecule has 2 rings (SSSR count). The number of urea groups is 1. The summed E-state index contributed by atoms with van der Waals surface area (Å²) < 4.78 is 25.9. The Bertz CT molecular complexity index is 642. The highest BCUT2D eigenvalue weighted by molar-refractivity contribution is 7.98. The van der Waals surface area contributed by atoms with Gasteiger partial charge in [0.2, 0.25) is 5.91 Å². The monoisotopic (exact) mass is 343 g/mol. The van der Waals surface area contributed by atoms with Gasteiger partial charge >= 0.3 is 6.03 Å². The molecule has 0 saturated carbocycles.